The van der Waals surface area contributed by atoms with Crippen LogP contribution >= 0.6 is 0 Å². The van der Waals surface area contributed by atoms with Gasteiger partial charge < -0.3 is 0 Å². The van der Waals surface area contributed by atoms with Crippen LogP contribution in [-0.4, -0.2) is 4.98 Å². The van der Waals surface area contributed by atoms with Gasteiger partial charge in [-0.3, -0.25) is 4.98 Å². The lowest BCUT2D eigenvalue weighted by molar-refractivity contribution is 1.27. The molecule has 8 rings (SSSR count). The average Bonchev–Trinajstić information content (AvgIpc) is 3.08. The third-order valence-electron chi connectivity index (χ3n) is 9.23. The summed E-state index contributed by atoms with van der Waals surface area (Å²) in [6.07, 6.45) is 1.94. The van der Waals surface area contributed by atoms with Gasteiger partial charge in [-0.05, 0) is 115 Å². The fraction of sp³-hybridized carbons (Fsp3) is 0.0682. The summed E-state index contributed by atoms with van der Waals surface area (Å²) in [5.74, 6) is 0. The minimum Gasteiger partial charge on any atom is -0.256 e. The van der Waals surface area contributed by atoms with Crippen molar-refractivity contribution in [2.45, 2.75) is 20.8 Å². The molecule has 7 aromatic carbocycles. The summed E-state index contributed by atoms with van der Waals surface area (Å²) >= 11 is 0. The van der Waals surface area contributed by atoms with Crippen LogP contribution in [0.5, 0.6) is 0 Å². The average molecular weight is 576 g/mol. The maximum atomic E-state index is 4.73. The van der Waals surface area contributed by atoms with E-state index in [9.17, 15) is 0 Å². The predicted molar refractivity (Wildman–Crippen MR) is 193 cm³/mol. The van der Waals surface area contributed by atoms with Crippen LogP contribution in [0.25, 0.3) is 77.0 Å². The van der Waals surface area contributed by atoms with Gasteiger partial charge in [-0.2, -0.15) is 0 Å². The molecule has 1 aromatic heterocycles. The van der Waals surface area contributed by atoms with E-state index in [1.54, 1.807) is 0 Å². The summed E-state index contributed by atoms with van der Waals surface area (Å²) in [6.45, 7) is 6.51. The Bertz CT molecular complexity index is 2320. The fourth-order valence-electron chi connectivity index (χ4n) is 7.18. The standard InChI is InChI=1S/C44H33N/c1-28-22-25-41(45-27-28)31-14-11-15-32(26-31)43-35-18-6-8-20-37(35)44(38-21-9-7-19-36(38)43)40-24-23-39(33-16-4-5-17-34(33)40)42-29(2)12-10-13-30(42)3/h4-27H,1-3H3. The number of rotatable bonds is 4. The highest BCUT2D eigenvalue weighted by molar-refractivity contribution is 6.24. The molecule has 8 aromatic rings. The summed E-state index contributed by atoms with van der Waals surface area (Å²) in [5.41, 5.74) is 13.5. The van der Waals surface area contributed by atoms with Crippen LogP contribution in [0.2, 0.25) is 0 Å². The van der Waals surface area contributed by atoms with E-state index in [1.807, 2.05) is 6.20 Å². The smallest absolute Gasteiger partial charge is 0.0702 e. The zero-order chi connectivity index (χ0) is 30.5. The van der Waals surface area contributed by atoms with Crippen molar-refractivity contribution in [2.75, 3.05) is 0 Å². The van der Waals surface area contributed by atoms with E-state index in [4.69, 9.17) is 4.98 Å². The number of aromatic nitrogens is 1. The topological polar surface area (TPSA) is 12.9 Å². The molecule has 0 amide bonds. The molecule has 1 heteroatoms. The quantitative estimate of drug-likeness (QED) is 0.190. The Morgan fingerprint density at radius 1 is 0.378 bits per heavy atom. The molecule has 0 aliphatic heterocycles. The largest absolute Gasteiger partial charge is 0.256 e. The molecule has 45 heavy (non-hydrogen) atoms. The van der Waals surface area contributed by atoms with Gasteiger partial charge in [0.05, 0.1) is 5.69 Å². The fourth-order valence-corrected chi connectivity index (χ4v) is 7.18. The van der Waals surface area contributed by atoms with Crippen LogP contribution in [-0.2, 0) is 0 Å². The number of hydrogen-bond donors (Lipinski definition) is 0. The number of hydrogen-bond acceptors (Lipinski definition) is 1. The van der Waals surface area contributed by atoms with Gasteiger partial charge in [0.15, 0.2) is 0 Å². The van der Waals surface area contributed by atoms with E-state index < -0.39 is 0 Å². The highest BCUT2D eigenvalue weighted by Gasteiger charge is 2.19. The molecule has 0 fully saturated rings. The summed E-state index contributed by atoms with van der Waals surface area (Å²) in [6, 6.07) is 51.1. The summed E-state index contributed by atoms with van der Waals surface area (Å²) in [5, 5.41) is 7.58. The Hall–Kier alpha value is -5.53. The van der Waals surface area contributed by atoms with Gasteiger partial charge in [0, 0.05) is 11.8 Å². The summed E-state index contributed by atoms with van der Waals surface area (Å²) < 4.78 is 0. The SMILES string of the molecule is Cc1ccc(-c2cccc(-c3c4ccccc4c(-c4ccc(-c5c(C)cccc5C)c5ccccc45)c4ccccc34)c2)nc1. The van der Waals surface area contributed by atoms with Gasteiger partial charge in [0.2, 0.25) is 0 Å². The van der Waals surface area contributed by atoms with Gasteiger partial charge in [0.25, 0.3) is 0 Å². The Kier molecular flexibility index (Phi) is 6.54. The van der Waals surface area contributed by atoms with E-state index in [-0.39, 0.29) is 0 Å². The zero-order valence-electron chi connectivity index (χ0n) is 25.8. The second-order valence-corrected chi connectivity index (χ2v) is 12.1. The molecule has 0 bridgehead atoms. The zero-order valence-corrected chi connectivity index (χ0v) is 25.8. The molecule has 0 spiro atoms. The number of benzene rings is 7. The van der Waals surface area contributed by atoms with E-state index in [0.717, 1.165) is 16.8 Å². The molecule has 0 aliphatic carbocycles. The van der Waals surface area contributed by atoms with Gasteiger partial charge in [-0.1, -0.05) is 127 Å². The van der Waals surface area contributed by atoms with Gasteiger partial charge in [-0.15, -0.1) is 0 Å². The van der Waals surface area contributed by atoms with Crippen LogP contribution < -0.4 is 0 Å². The van der Waals surface area contributed by atoms with Crippen molar-refractivity contribution in [3.8, 4) is 44.6 Å². The summed E-state index contributed by atoms with van der Waals surface area (Å²) in [4.78, 5) is 4.73. The minimum atomic E-state index is 0.989. The molecule has 214 valence electrons. The highest BCUT2D eigenvalue weighted by Crippen LogP contribution is 2.47. The van der Waals surface area contributed by atoms with Gasteiger partial charge in [-0.25, -0.2) is 0 Å². The third-order valence-corrected chi connectivity index (χ3v) is 9.23. The maximum Gasteiger partial charge on any atom is 0.0702 e. The predicted octanol–water partition coefficient (Wildman–Crippen LogP) is 12.1. The Morgan fingerprint density at radius 2 is 0.867 bits per heavy atom. The number of fused-ring (bicyclic) bond motifs is 3. The van der Waals surface area contributed by atoms with Crippen LogP contribution in [0.15, 0.2) is 146 Å². The molecule has 0 saturated carbocycles. The normalized spacial score (nSPS) is 11.4. The van der Waals surface area contributed by atoms with Crippen molar-refractivity contribution in [3.63, 3.8) is 0 Å². The van der Waals surface area contributed by atoms with Gasteiger partial charge in [0.1, 0.15) is 0 Å². The van der Waals surface area contributed by atoms with Crippen molar-refractivity contribution >= 4 is 32.3 Å². The Balaban J connectivity index is 1.43. The molecule has 1 heterocycles. The number of aryl methyl sites for hydroxylation is 3. The van der Waals surface area contributed by atoms with Crippen molar-refractivity contribution in [2.24, 2.45) is 0 Å². The Labute approximate surface area is 264 Å². The molecule has 0 saturated heterocycles. The van der Waals surface area contributed by atoms with E-state index in [1.165, 1.54) is 76.8 Å². The van der Waals surface area contributed by atoms with E-state index in [2.05, 4.69) is 160 Å². The second kappa shape index (κ2) is 10.9. The minimum absolute atomic E-state index is 0.989. The first kappa shape index (κ1) is 27.0. The van der Waals surface area contributed by atoms with Crippen LogP contribution in [0.1, 0.15) is 16.7 Å². The first-order valence-corrected chi connectivity index (χ1v) is 15.6. The second-order valence-electron chi connectivity index (χ2n) is 12.1. The van der Waals surface area contributed by atoms with Gasteiger partial charge >= 0.3 is 0 Å². The molecular formula is C44H33N. The number of pyridine rings is 1. The molecule has 0 N–H and O–H groups in total. The Morgan fingerprint density at radius 3 is 1.42 bits per heavy atom. The van der Waals surface area contributed by atoms with Crippen molar-refractivity contribution in [1.29, 1.82) is 0 Å². The van der Waals surface area contributed by atoms with Crippen LogP contribution in [0.4, 0.5) is 0 Å². The highest BCUT2D eigenvalue weighted by atomic mass is 14.7. The number of nitrogens with zero attached hydrogens (tertiary/aromatic N) is 1. The first-order valence-electron chi connectivity index (χ1n) is 15.6. The first-order chi connectivity index (χ1) is 22.1. The summed E-state index contributed by atoms with van der Waals surface area (Å²) in [7, 11) is 0. The van der Waals surface area contributed by atoms with E-state index in [0.29, 0.717) is 0 Å². The monoisotopic (exact) mass is 575 g/mol. The lowest BCUT2D eigenvalue weighted by atomic mass is 9.83. The molecule has 1 nitrogen and oxygen atoms in total. The molecule has 0 atom stereocenters. The van der Waals surface area contributed by atoms with Crippen LogP contribution in [0, 0.1) is 20.8 Å². The van der Waals surface area contributed by atoms with Crippen molar-refractivity contribution < 1.29 is 0 Å². The van der Waals surface area contributed by atoms with Crippen molar-refractivity contribution in [3.05, 3.63) is 162 Å². The lowest BCUT2D eigenvalue weighted by Gasteiger charge is -2.20. The van der Waals surface area contributed by atoms with E-state index >= 15 is 0 Å². The third kappa shape index (κ3) is 4.51. The molecule has 0 aliphatic rings. The van der Waals surface area contributed by atoms with Crippen LogP contribution in [0.3, 0.4) is 0 Å². The maximum absolute atomic E-state index is 4.73. The lowest BCUT2D eigenvalue weighted by Crippen LogP contribution is -1.94. The molecular weight excluding hydrogens is 542 g/mol. The van der Waals surface area contributed by atoms with Crippen molar-refractivity contribution in [1.82, 2.24) is 4.98 Å². The molecule has 0 unspecified atom stereocenters. The molecule has 0 radical (unpaired) electrons.